The molecule has 4 aliphatic rings. The average molecular weight is 551 g/mol. The van der Waals surface area contributed by atoms with Gasteiger partial charge in [-0.1, -0.05) is 82.5 Å². The van der Waals surface area contributed by atoms with Gasteiger partial charge in [-0.15, -0.1) is 0 Å². The minimum atomic E-state index is 0.0268. The van der Waals surface area contributed by atoms with Crippen LogP contribution in [-0.4, -0.2) is 12.3 Å². The highest BCUT2D eigenvalue weighted by Gasteiger charge is 2.61. The van der Waals surface area contributed by atoms with Gasteiger partial charge in [0.1, 0.15) is 0 Å². The van der Waals surface area contributed by atoms with E-state index in [1.165, 1.54) is 92.8 Å². The quantitative estimate of drug-likeness (QED) is 0.194. The Balaban J connectivity index is 1.55. The van der Waals surface area contributed by atoms with Crippen molar-refractivity contribution in [3.63, 3.8) is 0 Å². The zero-order chi connectivity index (χ0) is 29.3. The van der Waals surface area contributed by atoms with Crippen LogP contribution in [-0.2, 0) is 10.8 Å². The molecule has 3 heteroatoms. The van der Waals surface area contributed by atoms with E-state index in [1.54, 1.807) is 5.56 Å². The van der Waals surface area contributed by atoms with Crippen molar-refractivity contribution in [1.29, 1.82) is 0 Å². The molecular weight excluding hydrogens is 507 g/mol. The molecular formula is C39H43BN2. The van der Waals surface area contributed by atoms with E-state index in [-0.39, 0.29) is 23.1 Å². The Morgan fingerprint density at radius 2 is 1.45 bits per heavy atom. The van der Waals surface area contributed by atoms with Gasteiger partial charge < -0.3 is 9.80 Å². The van der Waals surface area contributed by atoms with Crippen LogP contribution in [0.3, 0.4) is 0 Å². The number of fused-ring (bicyclic) bond motifs is 7. The molecule has 4 aromatic rings. The third-order valence-corrected chi connectivity index (χ3v) is 11.5. The molecule has 1 aliphatic carbocycles. The third kappa shape index (κ3) is 3.23. The summed E-state index contributed by atoms with van der Waals surface area (Å²) in [6.07, 6.45) is 5.10. The Bertz CT molecular complexity index is 1810. The Hall–Kier alpha value is -3.46. The van der Waals surface area contributed by atoms with Crippen molar-refractivity contribution >= 4 is 51.5 Å². The summed E-state index contributed by atoms with van der Waals surface area (Å²) in [5.41, 5.74) is 18.5. The highest BCUT2D eigenvalue weighted by Crippen LogP contribution is 2.62. The molecule has 3 aliphatic heterocycles. The Morgan fingerprint density at radius 3 is 2.21 bits per heavy atom. The first kappa shape index (κ1) is 26.2. The van der Waals surface area contributed by atoms with Crippen LogP contribution in [0.25, 0.3) is 0 Å². The minimum Gasteiger partial charge on any atom is -0.335 e. The van der Waals surface area contributed by atoms with Crippen molar-refractivity contribution in [3.8, 4) is 0 Å². The fourth-order valence-electron chi connectivity index (χ4n) is 9.07. The van der Waals surface area contributed by atoms with E-state index >= 15 is 0 Å². The van der Waals surface area contributed by atoms with Crippen molar-refractivity contribution in [2.45, 2.75) is 97.4 Å². The zero-order valence-corrected chi connectivity index (χ0v) is 26.7. The monoisotopic (exact) mass is 550 g/mol. The van der Waals surface area contributed by atoms with E-state index in [0.29, 0.717) is 0 Å². The maximum atomic E-state index is 2.86. The van der Waals surface area contributed by atoms with Crippen LogP contribution in [0.15, 0.2) is 66.7 Å². The molecule has 2 nitrogen and oxygen atoms in total. The molecule has 0 radical (unpaired) electrons. The Kier molecular flexibility index (Phi) is 5.20. The second-order valence-electron chi connectivity index (χ2n) is 15.2. The lowest BCUT2D eigenvalue weighted by atomic mass is 9.33. The molecule has 0 N–H and O–H groups in total. The van der Waals surface area contributed by atoms with Gasteiger partial charge in [0.2, 0.25) is 0 Å². The first-order valence-electron chi connectivity index (χ1n) is 16.0. The molecule has 1 saturated carbocycles. The first-order valence-corrected chi connectivity index (χ1v) is 16.0. The molecule has 0 bridgehead atoms. The Labute approximate surface area is 252 Å². The summed E-state index contributed by atoms with van der Waals surface area (Å²) >= 11 is 0. The van der Waals surface area contributed by atoms with Crippen molar-refractivity contribution in [2.75, 3.05) is 9.80 Å². The smallest absolute Gasteiger partial charge is 0.252 e. The zero-order valence-electron chi connectivity index (χ0n) is 26.7. The molecule has 2 atom stereocenters. The summed E-state index contributed by atoms with van der Waals surface area (Å²) in [6.45, 7) is 19.3. The molecule has 0 spiro atoms. The van der Waals surface area contributed by atoms with Crippen LogP contribution in [0, 0.1) is 20.8 Å². The van der Waals surface area contributed by atoms with Gasteiger partial charge in [0.15, 0.2) is 0 Å². The normalized spacial score (nSPS) is 23.4. The lowest BCUT2D eigenvalue weighted by Crippen LogP contribution is -2.64. The maximum absolute atomic E-state index is 2.86. The van der Waals surface area contributed by atoms with Crippen LogP contribution in [0.5, 0.6) is 0 Å². The van der Waals surface area contributed by atoms with Crippen molar-refractivity contribution in [3.05, 3.63) is 94.5 Å². The van der Waals surface area contributed by atoms with Gasteiger partial charge in [0, 0.05) is 33.9 Å². The highest BCUT2D eigenvalue weighted by atomic mass is 15.3. The van der Waals surface area contributed by atoms with Crippen molar-refractivity contribution < 1.29 is 0 Å². The minimum absolute atomic E-state index is 0.0268. The van der Waals surface area contributed by atoms with E-state index < -0.39 is 0 Å². The van der Waals surface area contributed by atoms with Crippen LogP contribution >= 0.6 is 0 Å². The molecule has 2 unspecified atom stereocenters. The lowest BCUT2D eigenvalue weighted by Gasteiger charge is -2.53. The maximum Gasteiger partial charge on any atom is 0.252 e. The number of hydrogen-bond donors (Lipinski definition) is 0. The number of anilines is 5. The number of rotatable bonds is 1. The predicted octanol–water partition coefficient (Wildman–Crippen LogP) is 8.26. The Morgan fingerprint density at radius 1 is 0.714 bits per heavy atom. The fraction of sp³-hybridized carbons (Fsp3) is 0.385. The predicted molar refractivity (Wildman–Crippen MR) is 181 cm³/mol. The topological polar surface area (TPSA) is 6.48 Å². The van der Waals surface area contributed by atoms with E-state index in [1.807, 2.05) is 0 Å². The number of hydrogen-bond acceptors (Lipinski definition) is 2. The van der Waals surface area contributed by atoms with Gasteiger partial charge >= 0.3 is 0 Å². The van der Waals surface area contributed by atoms with Gasteiger partial charge in [0.05, 0.1) is 5.54 Å². The second-order valence-corrected chi connectivity index (χ2v) is 15.2. The third-order valence-electron chi connectivity index (χ3n) is 11.5. The summed E-state index contributed by atoms with van der Waals surface area (Å²) in [5, 5.41) is 0. The van der Waals surface area contributed by atoms with Crippen molar-refractivity contribution in [1.82, 2.24) is 0 Å². The molecule has 0 aromatic heterocycles. The molecule has 42 heavy (non-hydrogen) atoms. The molecule has 4 aromatic carbocycles. The first-order chi connectivity index (χ1) is 19.9. The summed E-state index contributed by atoms with van der Waals surface area (Å²) in [4.78, 5) is 5.44. The van der Waals surface area contributed by atoms with Crippen LogP contribution in [0.1, 0.15) is 88.1 Å². The summed E-state index contributed by atoms with van der Waals surface area (Å²) in [6, 6.07) is 26.4. The summed E-state index contributed by atoms with van der Waals surface area (Å²) in [7, 11) is 0. The van der Waals surface area contributed by atoms with Crippen LogP contribution < -0.4 is 26.2 Å². The molecule has 1 fully saturated rings. The molecule has 8 rings (SSSR count). The molecule has 0 amide bonds. The summed E-state index contributed by atoms with van der Waals surface area (Å²) in [5.74, 6) is 0. The van der Waals surface area contributed by atoms with Gasteiger partial charge in [-0.05, 0) is 115 Å². The highest BCUT2D eigenvalue weighted by molar-refractivity contribution is 7.00. The van der Waals surface area contributed by atoms with Crippen LogP contribution in [0.2, 0.25) is 0 Å². The van der Waals surface area contributed by atoms with E-state index in [0.717, 1.165) is 0 Å². The number of benzene rings is 4. The largest absolute Gasteiger partial charge is 0.335 e. The fourth-order valence-corrected chi connectivity index (χ4v) is 9.07. The average Bonchev–Trinajstić information content (AvgIpc) is 3.14. The SMILES string of the molecule is Cc1cccc(N2c3cc(C)ccc3B3c4cc(C)cc5c4N(c4cc(C(C)(C)C)cc2c43)C2(C)CCCCC52C)c1. The van der Waals surface area contributed by atoms with E-state index in [9.17, 15) is 0 Å². The standard InChI is InChI=1S/C39H43BN2/c1-24-12-11-13-28(18-24)41-32-21-25(2)14-15-30(32)40-31-20-26(3)19-29-36(31)42(39(8)17-10-9-16-38(29,39)7)34-23-27(37(4,5)6)22-33(41)35(34)40/h11-15,18-23H,9-10,16-17H2,1-8H3. The van der Waals surface area contributed by atoms with Crippen LogP contribution in [0.4, 0.5) is 28.4 Å². The summed E-state index contributed by atoms with van der Waals surface area (Å²) < 4.78 is 0. The molecule has 0 saturated heterocycles. The number of nitrogens with zero attached hydrogens (tertiary/aromatic N) is 2. The van der Waals surface area contributed by atoms with Gasteiger partial charge in [-0.2, -0.15) is 0 Å². The molecule has 212 valence electrons. The van der Waals surface area contributed by atoms with Gasteiger partial charge in [-0.25, -0.2) is 0 Å². The molecule has 3 heterocycles. The second kappa shape index (κ2) is 8.34. The van der Waals surface area contributed by atoms with Crippen molar-refractivity contribution in [2.24, 2.45) is 0 Å². The number of aryl methyl sites for hydroxylation is 3. The van der Waals surface area contributed by atoms with E-state index in [4.69, 9.17) is 0 Å². The van der Waals surface area contributed by atoms with Gasteiger partial charge in [-0.3, -0.25) is 0 Å². The van der Waals surface area contributed by atoms with E-state index in [2.05, 4.69) is 132 Å². The van der Waals surface area contributed by atoms with Gasteiger partial charge in [0.25, 0.3) is 6.71 Å². The lowest BCUT2D eigenvalue weighted by molar-refractivity contribution is 0.195.